The molecule has 0 atom stereocenters. The van der Waals surface area contributed by atoms with Crippen LogP contribution in [0.5, 0.6) is 11.5 Å². The summed E-state index contributed by atoms with van der Waals surface area (Å²) >= 11 is 0. The van der Waals surface area contributed by atoms with E-state index in [1.807, 2.05) is 19.1 Å². The number of aliphatic hydroxyl groups excluding tert-OH is 1. The van der Waals surface area contributed by atoms with Gasteiger partial charge in [0.25, 0.3) is 5.91 Å². The summed E-state index contributed by atoms with van der Waals surface area (Å²) in [5.74, 6) is 1.34. The van der Waals surface area contributed by atoms with E-state index in [2.05, 4.69) is 4.98 Å². The standard InChI is InChI=1S/C18H20N2O3/c1-13-2-3-14(18(22)20-10-6-15(21)7-11-20)12-17(13)23-16-4-8-19-9-5-16/h2-5,8-9,12,15,21H,6-7,10-11H2,1H3. The maximum atomic E-state index is 12.6. The number of hydrogen-bond acceptors (Lipinski definition) is 4. The van der Waals surface area contributed by atoms with Crippen LogP contribution in [0.3, 0.4) is 0 Å². The summed E-state index contributed by atoms with van der Waals surface area (Å²) in [6.07, 6.45) is 4.32. The second-order valence-corrected chi connectivity index (χ2v) is 5.79. The predicted octanol–water partition coefficient (Wildman–Crippen LogP) is 2.78. The van der Waals surface area contributed by atoms with E-state index in [-0.39, 0.29) is 12.0 Å². The molecule has 0 saturated carbocycles. The molecular weight excluding hydrogens is 292 g/mol. The quantitative estimate of drug-likeness (QED) is 0.946. The summed E-state index contributed by atoms with van der Waals surface area (Å²) in [6.45, 7) is 3.13. The van der Waals surface area contributed by atoms with Crippen LogP contribution in [0.25, 0.3) is 0 Å². The largest absolute Gasteiger partial charge is 0.457 e. The number of carbonyl (C=O) groups is 1. The molecule has 5 nitrogen and oxygen atoms in total. The molecular formula is C18H20N2O3. The summed E-state index contributed by atoms with van der Waals surface area (Å²) < 4.78 is 5.85. The molecule has 1 saturated heterocycles. The molecule has 1 N–H and O–H groups in total. The van der Waals surface area contributed by atoms with Gasteiger partial charge in [0.1, 0.15) is 11.5 Å². The van der Waals surface area contributed by atoms with Gasteiger partial charge in [0.05, 0.1) is 6.10 Å². The fraction of sp³-hybridized carbons (Fsp3) is 0.333. The zero-order valence-electron chi connectivity index (χ0n) is 13.1. The number of hydrogen-bond donors (Lipinski definition) is 1. The fourth-order valence-electron chi connectivity index (χ4n) is 2.63. The highest BCUT2D eigenvalue weighted by atomic mass is 16.5. The Morgan fingerprint density at radius 3 is 2.61 bits per heavy atom. The van der Waals surface area contributed by atoms with Gasteiger partial charge >= 0.3 is 0 Å². The Hall–Kier alpha value is -2.40. The number of ether oxygens (including phenoxy) is 1. The van der Waals surface area contributed by atoms with Crippen LogP contribution in [0.4, 0.5) is 0 Å². The average molecular weight is 312 g/mol. The molecule has 120 valence electrons. The molecule has 1 aliphatic heterocycles. The van der Waals surface area contributed by atoms with Gasteiger partial charge < -0.3 is 14.7 Å². The Bertz CT molecular complexity index is 680. The second-order valence-electron chi connectivity index (χ2n) is 5.79. The minimum atomic E-state index is -0.289. The van der Waals surface area contributed by atoms with Crippen LogP contribution in [-0.4, -0.2) is 40.1 Å². The van der Waals surface area contributed by atoms with Crippen LogP contribution in [0.15, 0.2) is 42.7 Å². The van der Waals surface area contributed by atoms with Crippen LogP contribution in [0.2, 0.25) is 0 Å². The van der Waals surface area contributed by atoms with Gasteiger partial charge in [0.2, 0.25) is 0 Å². The van der Waals surface area contributed by atoms with E-state index < -0.39 is 0 Å². The normalized spacial score (nSPS) is 15.5. The lowest BCUT2D eigenvalue weighted by Gasteiger charge is -2.29. The van der Waals surface area contributed by atoms with Crippen molar-refractivity contribution in [1.82, 2.24) is 9.88 Å². The smallest absolute Gasteiger partial charge is 0.253 e. The first-order chi connectivity index (χ1) is 11.1. The zero-order valence-corrected chi connectivity index (χ0v) is 13.1. The number of aryl methyl sites for hydroxylation is 1. The minimum Gasteiger partial charge on any atom is -0.457 e. The number of aromatic nitrogens is 1. The molecule has 1 aliphatic rings. The molecule has 1 aromatic carbocycles. The van der Waals surface area contributed by atoms with Crippen molar-refractivity contribution >= 4 is 5.91 Å². The molecule has 2 heterocycles. The van der Waals surface area contributed by atoms with E-state index in [1.165, 1.54) is 0 Å². The van der Waals surface area contributed by atoms with Gasteiger partial charge in [-0.1, -0.05) is 6.07 Å². The third-order valence-electron chi connectivity index (χ3n) is 4.06. The first kappa shape index (κ1) is 15.5. The Balaban J connectivity index is 1.78. The van der Waals surface area contributed by atoms with Gasteiger partial charge in [-0.25, -0.2) is 0 Å². The highest BCUT2D eigenvalue weighted by molar-refractivity contribution is 5.94. The van der Waals surface area contributed by atoms with Gasteiger partial charge in [-0.05, 0) is 49.6 Å². The van der Waals surface area contributed by atoms with Crippen LogP contribution >= 0.6 is 0 Å². The topological polar surface area (TPSA) is 62.7 Å². The summed E-state index contributed by atoms with van der Waals surface area (Å²) in [6, 6.07) is 9.05. The zero-order chi connectivity index (χ0) is 16.2. The number of amides is 1. The fourth-order valence-corrected chi connectivity index (χ4v) is 2.63. The van der Waals surface area contributed by atoms with Crippen molar-refractivity contribution in [2.45, 2.75) is 25.9 Å². The monoisotopic (exact) mass is 312 g/mol. The van der Waals surface area contributed by atoms with Crippen molar-refractivity contribution in [2.24, 2.45) is 0 Å². The van der Waals surface area contributed by atoms with Gasteiger partial charge in [0.15, 0.2) is 0 Å². The Morgan fingerprint density at radius 2 is 1.91 bits per heavy atom. The number of pyridine rings is 1. The number of likely N-dealkylation sites (tertiary alicyclic amines) is 1. The first-order valence-corrected chi connectivity index (χ1v) is 7.79. The van der Waals surface area contributed by atoms with Gasteiger partial charge in [-0.15, -0.1) is 0 Å². The molecule has 1 fully saturated rings. The molecule has 0 radical (unpaired) electrons. The van der Waals surface area contributed by atoms with E-state index in [4.69, 9.17) is 4.74 Å². The van der Waals surface area contributed by atoms with Crippen LogP contribution in [-0.2, 0) is 0 Å². The van der Waals surface area contributed by atoms with E-state index in [9.17, 15) is 9.90 Å². The lowest BCUT2D eigenvalue weighted by Crippen LogP contribution is -2.40. The Morgan fingerprint density at radius 1 is 1.22 bits per heavy atom. The predicted molar refractivity (Wildman–Crippen MR) is 86.6 cm³/mol. The number of rotatable bonds is 3. The highest BCUT2D eigenvalue weighted by Crippen LogP contribution is 2.26. The molecule has 5 heteroatoms. The third kappa shape index (κ3) is 3.68. The van der Waals surface area contributed by atoms with Gasteiger partial charge in [-0.2, -0.15) is 0 Å². The molecule has 0 unspecified atom stereocenters. The maximum Gasteiger partial charge on any atom is 0.253 e. The molecule has 23 heavy (non-hydrogen) atoms. The summed E-state index contributed by atoms with van der Waals surface area (Å²) in [5, 5.41) is 9.56. The molecule has 0 spiro atoms. The van der Waals surface area contributed by atoms with Crippen molar-refractivity contribution in [3.63, 3.8) is 0 Å². The lowest BCUT2D eigenvalue weighted by molar-refractivity contribution is 0.0546. The van der Waals surface area contributed by atoms with Crippen molar-refractivity contribution in [3.05, 3.63) is 53.9 Å². The van der Waals surface area contributed by atoms with E-state index in [1.54, 1.807) is 35.5 Å². The summed E-state index contributed by atoms with van der Waals surface area (Å²) in [7, 11) is 0. The van der Waals surface area contributed by atoms with Gasteiger partial charge in [-0.3, -0.25) is 9.78 Å². The minimum absolute atomic E-state index is 0.0171. The van der Waals surface area contributed by atoms with Crippen molar-refractivity contribution < 1.29 is 14.6 Å². The van der Waals surface area contributed by atoms with Crippen LogP contribution < -0.4 is 4.74 Å². The van der Waals surface area contributed by atoms with Crippen LogP contribution in [0, 0.1) is 6.92 Å². The van der Waals surface area contributed by atoms with Crippen molar-refractivity contribution in [1.29, 1.82) is 0 Å². The summed E-state index contributed by atoms with van der Waals surface area (Å²) in [4.78, 5) is 18.3. The number of carbonyl (C=O) groups excluding carboxylic acids is 1. The van der Waals surface area contributed by atoms with Crippen molar-refractivity contribution in [3.8, 4) is 11.5 Å². The molecule has 0 aliphatic carbocycles. The maximum absolute atomic E-state index is 12.6. The van der Waals surface area contributed by atoms with Gasteiger partial charge in [0, 0.05) is 31.0 Å². The number of piperidine rings is 1. The molecule has 2 aromatic rings. The number of nitrogens with zero attached hydrogens (tertiary/aromatic N) is 2. The van der Waals surface area contributed by atoms with Crippen LogP contribution in [0.1, 0.15) is 28.8 Å². The number of aliphatic hydroxyl groups is 1. The van der Waals surface area contributed by atoms with E-state index >= 15 is 0 Å². The second kappa shape index (κ2) is 6.79. The molecule has 1 aromatic heterocycles. The lowest BCUT2D eigenvalue weighted by atomic mass is 10.1. The highest BCUT2D eigenvalue weighted by Gasteiger charge is 2.22. The van der Waals surface area contributed by atoms with E-state index in [0.717, 1.165) is 5.56 Å². The molecule has 1 amide bonds. The Labute approximate surface area is 135 Å². The molecule has 0 bridgehead atoms. The third-order valence-corrected chi connectivity index (χ3v) is 4.06. The SMILES string of the molecule is Cc1ccc(C(=O)N2CCC(O)CC2)cc1Oc1ccncc1. The average Bonchev–Trinajstić information content (AvgIpc) is 2.58. The Kier molecular flexibility index (Phi) is 4.57. The first-order valence-electron chi connectivity index (χ1n) is 7.79. The number of benzene rings is 1. The van der Waals surface area contributed by atoms with Crippen molar-refractivity contribution in [2.75, 3.05) is 13.1 Å². The summed E-state index contributed by atoms with van der Waals surface area (Å²) in [5.41, 5.74) is 1.57. The van der Waals surface area contributed by atoms with E-state index in [0.29, 0.717) is 43.0 Å². The molecule has 3 rings (SSSR count).